The van der Waals surface area contributed by atoms with Crippen LogP contribution in [0.2, 0.25) is 0 Å². The molecule has 0 heterocycles. The Morgan fingerprint density at radius 2 is 1.79 bits per heavy atom. The molecule has 112 valence electrons. The maximum Gasteiger partial charge on any atom is 0.317 e. The molecule has 1 aliphatic carbocycles. The first-order valence-electron chi connectivity index (χ1n) is 7.94. The molecule has 1 fully saturated rings. The van der Waals surface area contributed by atoms with Gasteiger partial charge in [-0.15, -0.1) is 0 Å². The van der Waals surface area contributed by atoms with Gasteiger partial charge >= 0.3 is 6.03 Å². The van der Waals surface area contributed by atoms with E-state index in [2.05, 4.69) is 12.2 Å². The number of carbonyl (C=O) groups excluding carboxylic acids is 1. The lowest BCUT2D eigenvalue weighted by Gasteiger charge is -2.27. The molecule has 0 atom stereocenters. The fourth-order valence-corrected chi connectivity index (χ4v) is 2.65. The van der Waals surface area contributed by atoms with Crippen molar-refractivity contribution in [2.75, 3.05) is 19.7 Å². The number of amides is 2. The van der Waals surface area contributed by atoms with Crippen LogP contribution in [0.1, 0.15) is 64.7 Å². The summed E-state index contributed by atoms with van der Waals surface area (Å²) in [7, 11) is 0. The zero-order chi connectivity index (χ0) is 13.9. The van der Waals surface area contributed by atoms with Crippen LogP contribution in [0.15, 0.2) is 0 Å². The predicted molar refractivity (Wildman–Crippen MR) is 78.2 cm³/mol. The van der Waals surface area contributed by atoms with Gasteiger partial charge in [-0.3, -0.25) is 0 Å². The van der Waals surface area contributed by atoms with Crippen LogP contribution in [-0.4, -0.2) is 41.8 Å². The molecule has 0 radical (unpaired) electrons. The van der Waals surface area contributed by atoms with Gasteiger partial charge in [0.1, 0.15) is 0 Å². The highest BCUT2D eigenvalue weighted by molar-refractivity contribution is 5.74. The van der Waals surface area contributed by atoms with Gasteiger partial charge in [0.2, 0.25) is 0 Å². The summed E-state index contributed by atoms with van der Waals surface area (Å²) in [6.07, 6.45) is 10.6. The molecular formula is C15H30N2O2. The molecule has 0 spiro atoms. The standard InChI is InChI=1S/C15H30N2O2/c1-2-3-11-17(12-13-18)15(19)16-14-9-7-5-4-6-8-10-14/h14,18H,2-13H2,1H3,(H,16,19). The SMILES string of the molecule is CCCCN(CCO)C(=O)NC1CCCCCCC1. The number of rotatable bonds is 6. The van der Waals surface area contributed by atoms with Gasteiger partial charge in [0, 0.05) is 19.1 Å². The highest BCUT2D eigenvalue weighted by Gasteiger charge is 2.18. The molecule has 4 heteroatoms. The van der Waals surface area contributed by atoms with E-state index >= 15 is 0 Å². The lowest BCUT2D eigenvalue weighted by molar-refractivity contribution is 0.171. The average molecular weight is 270 g/mol. The van der Waals surface area contributed by atoms with E-state index in [9.17, 15) is 4.79 Å². The maximum atomic E-state index is 12.2. The van der Waals surface area contributed by atoms with E-state index in [1.165, 1.54) is 32.1 Å². The summed E-state index contributed by atoms with van der Waals surface area (Å²) in [4.78, 5) is 14.0. The number of carbonyl (C=O) groups is 1. The first kappa shape index (κ1) is 16.3. The molecule has 0 aliphatic heterocycles. The van der Waals surface area contributed by atoms with Crippen molar-refractivity contribution in [2.45, 2.75) is 70.8 Å². The summed E-state index contributed by atoms with van der Waals surface area (Å²) < 4.78 is 0. The number of aliphatic hydroxyl groups is 1. The topological polar surface area (TPSA) is 52.6 Å². The molecule has 1 rings (SSSR count). The van der Waals surface area contributed by atoms with Gasteiger partial charge < -0.3 is 15.3 Å². The van der Waals surface area contributed by atoms with E-state index in [-0.39, 0.29) is 12.6 Å². The second-order valence-corrected chi connectivity index (χ2v) is 5.56. The second-order valence-electron chi connectivity index (χ2n) is 5.56. The van der Waals surface area contributed by atoms with Gasteiger partial charge in [0.15, 0.2) is 0 Å². The van der Waals surface area contributed by atoms with Crippen molar-refractivity contribution in [1.29, 1.82) is 0 Å². The lowest BCUT2D eigenvalue weighted by Crippen LogP contribution is -2.46. The Kier molecular flexibility index (Phi) is 8.63. The Morgan fingerprint density at radius 3 is 2.37 bits per heavy atom. The third kappa shape index (κ3) is 6.81. The highest BCUT2D eigenvalue weighted by atomic mass is 16.3. The minimum Gasteiger partial charge on any atom is -0.395 e. The molecular weight excluding hydrogens is 240 g/mol. The Labute approximate surface area is 117 Å². The van der Waals surface area contributed by atoms with Gasteiger partial charge in [-0.1, -0.05) is 45.4 Å². The van der Waals surface area contributed by atoms with Gasteiger partial charge in [-0.25, -0.2) is 4.79 Å². The molecule has 2 amide bonds. The van der Waals surface area contributed by atoms with Crippen LogP contribution in [0.3, 0.4) is 0 Å². The number of hydrogen-bond donors (Lipinski definition) is 2. The number of unbranched alkanes of at least 4 members (excludes halogenated alkanes) is 1. The predicted octanol–water partition coefficient (Wildman–Crippen LogP) is 2.90. The summed E-state index contributed by atoms with van der Waals surface area (Å²) >= 11 is 0. The molecule has 0 bridgehead atoms. The largest absolute Gasteiger partial charge is 0.395 e. The molecule has 0 aromatic carbocycles. The minimum atomic E-state index is 0.00748. The second kappa shape index (κ2) is 10.1. The van der Waals surface area contributed by atoms with Crippen molar-refractivity contribution in [2.24, 2.45) is 0 Å². The molecule has 0 aromatic heterocycles. The van der Waals surface area contributed by atoms with E-state index in [4.69, 9.17) is 5.11 Å². The zero-order valence-corrected chi connectivity index (χ0v) is 12.4. The van der Waals surface area contributed by atoms with E-state index < -0.39 is 0 Å². The van der Waals surface area contributed by atoms with Crippen molar-refractivity contribution in [1.82, 2.24) is 10.2 Å². The molecule has 19 heavy (non-hydrogen) atoms. The molecule has 1 aliphatic rings. The van der Waals surface area contributed by atoms with Gasteiger partial charge in [-0.2, -0.15) is 0 Å². The quantitative estimate of drug-likeness (QED) is 0.779. The smallest absolute Gasteiger partial charge is 0.317 e. The van der Waals surface area contributed by atoms with E-state index in [1.54, 1.807) is 4.90 Å². The number of hydrogen-bond acceptors (Lipinski definition) is 2. The summed E-state index contributed by atoms with van der Waals surface area (Å²) in [5.74, 6) is 0. The Morgan fingerprint density at radius 1 is 1.16 bits per heavy atom. The van der Waals surface area contributed by atoms with E-state index in [0.29, 0.717) is 12.6 Å². The van der Waals surface area contributed by atoms with Crippen molar-refractivity contribution < 1.29 is 9.90 Å². The van der Waals surface area contributed by atoms with Crippen LogP contribution >= 0.6 is 0 Å². The summed E-state index contributed by atoms with van der Waals surface area (Å²) in [6.45, 7) is 3.35. The molecule has 1 saturated carbocycles. The fraction of sp³-hybridized carbons (Fsp3) is 0.933. The number of nitrogens with one attached hydrogen (secondary N) is 1. The van der Waals surface area contributed by atoms with Crippen molar-refractivity contribution in [3.63, 3.8) is 0 Å². The number of nitrogens with zero attached hydrogens (tertiary/aromatic N) is 1. The van der Waals surface area contributed by atoms with Crippen LogP contribution in [-0.2, 0) is 0 Å². The average Bonchev–Trinajstić information content (AvgIpc) is 2.37. The third-order valence-electron chi connectivity index (χ3n) is 3.87. The molecule has 4 nitrogen and oxygen atoms in total. The highest BCUT2D eigenvalue weighted by Crippen LogP contribution is 2.17. The molecule has 0 unspecified atom stereocenters. The Balaban J connectivity index is 2.39. The van der Waals surface area contributed by atoms with Crippen LogP contribution in [0.25, 0.3) is 0 Å². The van der Waals surface area contributed by atoms with Gasteiger partial charge in [0.25, 0.3) is 0 Å². The fourth-order valence-electron chi connectivity index (χ4n) is 2.65. The Hall–Kier alpha value is -0.770. The van der Waals surface area contributed by atoms with Crippen LogP contribution < -0.4 is 5.32 Å². The van der Waals surface area contributed by atoms with Crippen LogP contribution in [0.5, 0.6) is 0 Å². The van der Waals surface area contributed by atoms with E-state index in [1.807, 2.05) is 0 Å². The van der Waals surface area contributed by atoms with Gasteiger partial charge in [-0.05, 0) is 19.3 Å². The maximum absolute atomic E-state index is 12.2. The van der Waals surface area contributed by atoms with Crippen LogP contribution in [0, 0.1) is 0 Å². The lowest BCUT2D eigenvalue weighted by atomic mass is 9.97. The summed E-state index contributed by atoms with van der Waals surface area (Å²) in [5, 5.41) is 12.2. The normalized spacial score (nSPS) is 17.6. The first-order chi connectivity index (χ1) is 9.27. The molecule has 0 saturated heterocycles. The van der Waals surface area contributed by atoms with Crippen LogP contribution in [0.4, 0.5) is 4.79 Å². The van der Waals surface area contributed by atoms with E-state index in [0.717, 1.165) is 32.2 Å². The summed E-state index contributed by atoms with van der Waals surface area (Å²) in [5.41, 5.74) is 0. The van der Waals surface area contributed by atoms with Crippen molar-refractivity contribution >= 4 is 6.03 Å². The molecule has 0 aromatic rings. The monoisotopic (exact) mass is 270 g/mol. The van der Waals surface area contributed by atoms with Crippen molar-refractivity contribution in [3.05, 3.63) is 0 Å². The zero-order valence-electron chi connectivity index (χ0n) is 12.4. The summed E-state index contributed by atoms with van der Waals surface area (Å²) in [6, 6.07) is 0.337. The Bertz CT molecular complexity index is 238. The first-order valence-corrected chi connectivity index (χ1v) is 7.94. The minimum absolute atomic E-state index is 0.00748. The van der Waals surface area contributed by atoms with Gasteiger partial charge in [0.05, 0.1) is 6.61 Å². The molecule has 2 N–H and O–H groups in total. The number of aliphatic hydroxyl groups excluding tert-OH is 1. The van der Waals surface area contributed by atoms with Crippen molar-refractivity contribution in [3.8, 4) is 0 Å². The number of urea groups is 1. The third-order valence-corrected chi connectivity index (χ3v) is 3.87.